The van der Waals surface area contributed by atoms with Gasteiger partial charge in [0.2, 0.25) is 0 Å². The van der Waals surface area contributed by atoms with E-state index in [9.17, 15) is 19.3 Å². The second-order valence-electron chi connectivity index (χ2n) is 4.22. The van der Waals surface area contributed by atoms with Crippen molar-refractivity contribution in [1.29, 1.82) is 0 Å². The normalized spacial score (nSPS) is 10.1. The van der Waals surface area contributed by atoms with Crippen molar-refractivity contribution in [1.82, 2.24) is 0 Å². The molecule has 2 aromatic carbocycles. The number of nitro groups is 1. The maximum atomic E-state index is 13.1. The first-order valence-electron chi connectivity index (χ1n) is 5.79. The van der Waals surface area contributed by atoms with E-state index in [1.165, 1.54) is 42.5 Å². The molecule has 5 nitrogen and oxygen atoms in total. The zero-order valence-corrected chi connectivity index (χ0v) is 10.6. The molecule has 6 heteroatoms. The van der Waals surface area contributed by atoms with Crippen molar-refractivity contribution in [2.45, 2.75) is 6.92 Å². The van der Waals surface area contributed by atoms with Gasteiger partial charge in [-0.2, -0.15) is 0 Å². The van der Waals surface area contributed by atoms with Crippen LogP contribution in [-0.4, -0.2) is 10.8 Å². The van der Waals surface area contributed by atoms with Gasteiger partial charge in [0.15, 0.2) is 0 Å². The summed E-state index contributed by atoms with van der Waals surface area (Å²) in [5.74, 6) is -0.779. The second kappa shape index (κ2) is 5.48. The van der Waals surface area contributed by atoms with Crippen molar-refractivity contribution in [2.24, 2.45) is 0 Å². The van der Waals surface area contributed by atoms with Crippen LogP contribution in [0.25, 0.3) is 0 Å². The van der Waals surface area contributed by atoms with Gasteiger partial charge >= 0.3 is 0 Å². The maximum Gasteiger partial charge on any atom is 0.269 e. The minimum absolute atomic E-state index is 0.0550. The van der Waals surface area contributed by atoms with Crippen molar-refractivity contribution in [3.8, 4) is 0 Å². The van der Waals surface area contributed by atoms with Crippen LogP contribution in [0.4, 0.5) is 15.8 Å². The van der Waals surface area contributed by atoms with Crippen LogP contribution in [0.2, 0.25) is 0 Å². The van der Waals surface area contributed by atoms with E-state index >= 15 is 0 Å². The molecule has 20 heavy (non-hydrogen) atoms. The Bertz CT molecular complexity index is 669. The Balaban J connectivity index is 2.14. The smallest absolute Gasteiger partial charge is 0.269 e. The Morgan fingerprint density at radius 2 is 1.85 bits per heavy atom. The standard InChI is InChI=1S/C14H11FN2O3/c1-9-8-10(2-7-13(9)15)14(18)16-11-3-5-12(6-4-11)17(19)20/h2-8H,1H3,(H,16,18). The van der Waals surface area contributed by atoms with E-state index in [1.54, 1.807) is 6.92 Å². The highest BCUT2D eigenvalue weighted by Crippen LogP contribution is 2.17. The van der Waals surface area contributed by atoms with Crippen LogP contribution >= 0.6 is 0 Å². The average molecular weight is 274 g/mol. The second-order valence-corrected chi connectivity index (χ2v) is 4.22. The van der Waals surface area contributed by atoms with Crippen LogP contribution in [0.5, 0.6) is 0 Å². The molecule has 0 aliphatic rings. The fraction of sp³-hybridized carbons (Fsp3) is 0.0714. The fourth-order valence-corrected chi connectivity index (χ4v) is 1.66. The molecular weight excluding hydrogens is 263 g/mol. The molecule has 102 valence electrons. The summed E-state index contributed by atoms with van der Waals surface area (Å²) < 4.78 is 13.1. The number of amides is 1. The highest BCUT2D eigenvalue weighted by atomic mass is 19.1. The predicted molar refractivity (Wildman–Crippen MR) is 72.2 cm³/mol. The van der Waals surface area contributed by atoms with E-state index in [-0.39, 0.29) is 11.5 Å². The Hall–Kier alpha value is -2.76. The lowest BCUT2D eigenvalue weighted by Crippen LogP contribution is -2.12. The van der Waals surface area contributed by atoms with Gasteiger partial charge in [-0.15, -0.1) is 0 Å². The Kier molecular flexibility index (Phi) is 3.74. The third kappa shape index (κ3) is 2.97. The number of halogens is 1. The molecule has 0 fully saturated rings. The molecule has 0 heterocycles. The maximum absolute atomic E-state index is 13.1. The average Bonchev–Trinajstić information content (AvgIpc) is 2.42. The number of hydrogen-bond donors (Lipinski definition) is 1. The van der Waals surface area contributed by atoms with Crippen LogP contribution in [-0.2, 0) is 0 Å². The number of carbonyl (C=O) groups is 1. The highest BCUT2D eigenvalue weighted by Gasteiger charge is 2.09. The van der Waals surface area contributed by atoms with E-state index in [1.807, 2.05) is 0 Å². The largest absolute Gasteiger partial charge is 0.322 e. The first kappa shape index (κ1) is 13.7. The molecule has 0 aliphatic heterocycles. The number of hydrogen-bond acceptors (Lipinski definition) is 3. The zero-order valence-electron chi connectivity index (χ0n) is 10.6. The Morgan fingerprint density at radius 3 is 2.40 bits per heavy atom. The quantitative estimate of drug-likeness (QED) is 0.689. The Labute approximate surface area is 114 Å². The molecule has 0 aliphatic carbocycles. The minimum Gasteiger partial charge on any atom is -0.322 e. The summed E-state index contributed by atoms with van der Waals surface area (Å²) in [6, 6.07) is 9.51. The number of non-ortho nitro benzene ring substituents is 1. The number of benzene rings is 2. The molecule has 1 N–H and O–H groups in total. The topological polar surface area (TPSA) is 72.2 Å². The lowest BCUT2D eigenvalue weighted by molar-refractivity contribution is -0.384. The van der Waals surface area contributed by atoms with Gasteiger partial charge in [-0.05, 0) is 42.8 Å². The molecule has 0 unspecified atom stereocenters. The van der Waals surface area contributed by atoms with Crippen LogP contribution in [0, 0.1) is 22.9 Å². The number of nitro benzene ring substituents is 1. The highest BCUT2D eigenvalue weighted by molar-refractivity contribution is 6.04. The zero-order chi connectivity index (χ0) is 14.7. The third-order valence-electron chi connectivity index (χ3n) is 2.76. The van der Waals surface area contributed by atoms with E-state index in [0.717, 1.165) is 0 Å². The number of rotatable bonds is 3. The molecule has 0 bridgehead atoms. The monoisotopic (exact) mass is 274 g/mol. The fourth-order valence-electron chi connectivity index (χ4n) is 1.66. The molecular formula is C14H11FN2O3. The number of carbonyl (C=O) groups excluding carboxylic acids is 1. The first-order valence-corrected chi connectivity index (χ1v) is 5.79. The van der Waals surface area contributed by atoms with Crippen LogP contribution in [0.1, 0.15) is 15.9 Å². The number of nitrogens with zero attached hydrogens (tertiary/aromatic N) is 1. The van der Waals surface area contributed by atoms with E-state index in [2.05, 4.69) is 5.32 Å². The molecule has 0 radical (unpaired) electrons. The number of nitrogens with one attached hydrogen (secondary N) is 1. The summed E-state index contributed by atoms with van der Waals surface area (Å²) in [7, 11) is 0. The van der Waals surface area contributed by atoms with E-state index in [0.29, 0.717) is 16.8 Å². The van der Waals surface area contributed by atoms with Crippen molar-refractivity contribution in [3.05, 3.63) is 69.5 Å². The van der Waals surface area contributed by atoms with Crippen molar-refractivity contribution >= 4 is 17.3 Å². The molecule has 0 aromatic heterocycles. The van der Waals surface area contributed by atoms with Crippen LogP contribution < -0.4 is 5.32 Å². The molecule has 2 aromatic rings. The molecule has 0 atom stereocenters. The number of aryl methyl sites for hydroxylation is 1. The summed E-state index contributed by atoms with van der Waals surface area (Å²) in [5, 5.41) is 13.1. The van der Waals surface area contributed by atoms with Crippen molar-refractivity contribution in [3.63, 3.8) is 0 Å². The van der Waals surface area contributed by atoms with E-state index < -0.39 is 10.8 Å². The summed E-state index contributed by atoms with van der Waals surface area (Å²) in [6.45, 7) is 1.57. The minimum atomic E-state index is -0.519. The molecule has 1 amide bonds. The first-order chi connectivity index (χ1) is 9.47. The predicted octanol–water partition coefficient (Wildman–Crippen LogP) is 3.29. The molecule has 2 rings (SSSR count). The van der Waals surface area contributed by atoms with Gasteiger partial charge < -0.3 is 5.32 Å². The SMILES string of the molecule is Cc1cc(C(=O)Nc2ccc([N+](=O)[O-])cc2)ccc1F. The summed E-state index contributed by atoms with van der Waals surface area (Å²) in [5.41, 5.74) is 1.08. The van der Waals surface area contributed by atoms with Gasteiger partial charge in [-0.1, -0.05) is 0 Å². The summed E-state index contributed by atoms with van der Waals surface area (Å²) in [4.78, 5) is 21.9. The molecule has 0 saturated carbocycles. The lowest BCUT2D eigenvalue weighted by Gasteiger charge is -2.06. The van der Waals surface area contributed by atoms with Gasteiger partial charge in [0, 0.05) is 23.4 Å². The lowest BCUT2D eigenvalue weighted by atomic mass is 10.1. The van der Waals surface area contributed by atoms with Gasteiger partial charge in [-0.3, -0.25) is 14.9 Å². The van der Waals surface area contributed by atoms with Gasteiger partial charge in [0.1, 0.15) is 5.82 Å². The summed E-state index contributed by atoms with van der Waals surface area (Å²) >= 11 is 0. The Morgan fingerprint density at radius 1 is 1.20 bits per heavy atom. The van der Waals surface area contributed by atoms with Gasteiger partial charge in [0.25, 0.3) is 11.6 Å². The van der Waals surface area contributed by atoms with Gasteiger partial charge in [-0.25, -0.2) is 4.39 Å². The van der Waals surface area contributed by atoms with Crippen molar-refractivity contribution in [2.75, 3.05) is 5.32 Å². The number of anilines is 1. The van der Waals surface area contributed by atoms with Crippen LogP contribution in [0.3, 0.4) is 0 Å². The van der Waals surface area contributed by atoms with Gasteiger partial charge in [0.05, 0.1) is 4.92 Å². The van der Waals surface area contributed by atoms with Crippen LogP contribution in [0.15, 0.2) is 42.5 Å². The van der Waals surface area contributed by atoms with E-state index in [4.69, 9.17) is 0 Å². The third-order valence-corrected chi connectivity index (χ3v) is 2.76. The molecule has 0 spiro atoms. The summed E-state index contributed by atoms with van der Waals surface area (Å²) in [6.07, 6.45) is 0. The van der Waals surface area contributed by atoms with Crippen molar-refractivity contribution < 1.29 is 14.1 Å². The molecule has 0 saturated heterocycles.